The number of hydrogen-bond acceptors (Lipinski definition) is 3. The van der Waals surface area contributed by atoms with Crippen molar-refractivity contribution in [3.05, 3.63) is 83.2 Å². The first-order valence-corrected chi connectivity index (χ1v) is 8.46. The van der Waals surface area contributed by atoms with Crippen molar-refractivity contribution in [2.45, 2.75) is 18.4 Å². The van der Waals surface area contributed by atoms with E-state index in [4.69, 9.17) is 0 Å². The largest absolute Gasteiger partial charge is 0.418 e. The van der Waals surface area contributed by atoms with Gasteiger partial charge in [-0.25, -0.2) is 4.98 Å². The van der Waals surface area contributed by atoms with E-state index < -0.39 is 41.1 Å². The zero-order chi connectivity index (χ0) is 22.1. The lowest BCUT2D eigenvalue weighted by molar-refractivity contribution is -0.139. The van der Waals surface area contributed by atoms with Gasteiger partial charge in [-0.05, 0) is 29.8 Å². The van der Waals surface area contributed by atoms with Crippen LogP contribution in [0.25, 0.3) is 0 Å². The maximum atomic E-state index is 13.5. The minimum atomic E-state index is -4.79. The predicted molar refractivity (Wildman–Crippen MR) is 93.2 cm³/mol. The highest BCUT2D eigenvalue weighted by Crippen LogP contribution is 2.36. The molecule has 11 heteroatoms. The first-order valence-electron chi connectivity index (χ1n) is 8.46. The van der Waals surface area contributed by atoms with Crippen LogP contribution in [-0.2, 0) is 19.4 Å². The Bertz CT molecular complexity index is 1040. The van der Waals surface area contributed by atoms with Crippen LogP contribution in [0.2, 0.25) is 0 Å². The van der Waals surface area contributed by atoms with Crippen LogP contribution in [-0.4, -0.2) is 20.4 Å². The number of rotatable bonds is 4. The number of alkyl halides is 6. The van der Waals surface area contributed by atoms with Crippen molar-refractivity contribution in [1.29, 1.82) is 0 Å². The maximum absolute atomic E-state index is 13.5. The van der Waals surface area contributed by atoms with Crippen molar-refractivity contribution >= 4 is 5.91 Å². The van der Waals surface area contributed by atoms with Crippen molar-refractivity contribution in [2.24, 2.45) is 7.05 Å². The normalized spacial score (nSPS) is 13.2. The topological polar surface area (TPSA) is 59.8 Å². The second-order valence-electron chi connectivity index (χ2n) is 6.32. The van der Waals surface area contributed by atoms with E-state index in [0.717, 1.165) is 42.6 Å². The standard InChI is InChI=1S/C19H14F6N4O/c1-29-10-9-27-16(29)17(30)28-14(11-4-6-12(7-5-11)18(20,21)22)15-13(19(23,24)25)3-2-8-26-15/h2-10,14H,1H3,(H,28,30). The Labute approximate surface area is 166 Å². The van der Waals surface area contributed by atoms with Crippen LogP contribution >= 0.6 is 0 Å². The molecule has 3 aromatic rings. The molecule has 0 spiro atoms. The second kappa shape index (κ2) is 7.81. The number of aromatic nitrogens is 3. The van der Waals surface area contributed by atoms with Gasteiger partial charge >= 0.3 is 12.4 Å². The minimum absolute atomic E-state index is 0.00485. The molecule has 2 aromatic heterocycles. The Kier molecular flexibility index (Phi) is 5.55. The number of nitrogens with one attached hydrogen (secondary N) is 1. The molecule has 0 saturated carbocycles. The molecule has 0 aliphatic rings. The van der Waals surface area contributed by atoms with Crippen LogP contribution in [0.3, 0.4) is 0 Å². The van der Waals surface area contributed by atoms with Gasteiger partial charge in [0.05, 0.1) is 22.9 Å². The van der Waals surface area contributed by atoms with E-state index in [2.05, 4.69) is 15.3 Å². The number of pyridine rings is 1. The Morgan fingerprint density at radius 2 is 1.63 bits per heavy atom. The molecule has 0 fully saturated rings. The van der Waals surface area contributed by atoms with Gasteiger partial charge in [-0.2, -0.15) is 26.3 Å². The number of carbonyl (C=O) groups excluding carboxylic acids is 1. The fourth-order valence-corrected chi connectivity index (χ4v) is 2.84. The van der Waals surface area contributed by atoms with Crippen molar-refractivity contribution < 1.29 is 31.1 Å². The van der Waals surface area contributed by atoms with E-state index in [1.165, 1.54) is 24.0 Å². The minimum Gasteiger partial charge on any atom is -0.337 e. The summed E-state index contributed by atoms with van der Waals surface area (Å²) in [5.41, 5.74) is -2.64. The number of halogens is 6. The summed E-state index contributed by atoms with van der Waals surface area (Å²) in [5, 5.41) is 2.40. The molecule has 3 rings (SSSR count). The number of benzene rings is 1. The fourth-order valence-electron chi connectivity index (χ4n) is 2.84. The third-order valence-corrected chi connectivity index (χ3v) is 4.29. The van der Waals surface area contributed by atoms with E-state index in [1.54, 1.807) is 0 Å². The van der Waals surface area contributed by atoms with Crippen LogP contribution < -0.4 is 5.32 Å². The zero-order valence-corrected chi connectivity index (χ0v) is 15.3. The molecule has 0 radical (unpaired) electrons. The molecule has 5 nitrogen and oxygen atoms in total. The molecule has 2 heterocycles. The molecule has 0 aliphatic heterocycles. The highest BCUT2D eigenvalue weighted by molar-refractivity contribution is 5.91. The molecule has 1 amide bonds. The molecule has 0 bridgehead atoms. The van der Waals surface area contributed by atoms with Crippen LogP contribution in [0.5, 0.6) is 0 Å². The van der Waals surface area contributed by atoms with Crippen molar-refractivity contribution in [3.63, 3.8) is 0 Å². The number of nitrogens with zero attached hydrogens (tertiary/aromatic N) is 3. The SMILES string of the molecule is Cn1ccnc1C(=O)NC(c1ccc(C(F)(F)F)cc1)c1ncccc1C(F)(F)F. The average Bonchev–Trinajstić information content (AvgIpc) is 3.11. The molecule has 1 atom stereocenters. The van der Waals surface area contributed by atoms with E-state index in [1.807, 2.05) is 0 Å². The summed E-state index contributed by atoms with van der Waals surface area (Å²) in [4.78, 5) is 20.2. The summed E-state index contributed by atoms with van der Waals surface area (Å²) in [6, 6.07) is 3.86. The highest BCUT2D eigenvalue weighted by Gasteiger charge is 2.37. The molecule has 1 N–H and O–H groups in total. The summed E-state index contributed by atoms with van der Waals surface area (Å²) in [6.07, 6.45) is -5.52. The number of amides is 1. The van der Waals surface area contributed by atoms with E-state index in [0.29, 0.717) is 0 Å². The Morgan fingerprint density at radius 3 is 2.17 bits per heavy atom. The highest BCUT2D eigenvalue weighted by atomic mass is 19.4. The molecular weight excluding hydrogens is 414 g/mol. The molecule has 0 saturated heterocycles. The molecular formula is C19H14F6N4O. The molecule has 1 unspecified atom stereocenters. The summed E-state index contributed by atoms with van der Waals surface area (Å²) < 4.78 is 80.4. The van der Waals surface area contributed by atoms with Gasteiger partial charge in [0.1, 0.15) is 0 Å². The van der Waals surface area contributed by atoms with Gasteiger partial charge < -0.3 is 9.88 Å². The van der Waals surface area contributed by atoms with Crippen molar-refractivity contribution in [2.75, 3.05) is 0 Å². The molecule has 0 aliphatic carbocycles. The number of hydrogen-bond donors (Lipinski definition) is 1. The van der Waals surface area contributed by atoms with Crippen molar-refractivity contribution in [3.8, 4) is 0 Å². The van der Waals surface area contributed by atoms with Gasteiger partial charge in [-0.3, -0.25) is 9.78 Å². The zero-order valence-electron chi connectivity index (χ0n) is 15.3. The summed E-state index contributed by atoms with van der Waals surface area (Å²) in [6.45, 7) is 0. The number of carbonyl (C=O) groups is 1. The van der Waals surface area contributed by atoms with E-state index >= 15 is 0 Å². The smallest absolute Gasteiger partial charge is 0.337 e. The number of aryl methyl sites for hydroxylation is 1. The fraction of sp³-hybridized carbons (Fsp3) is 0.211. The lowest BCUT2D eigenvalue weighted by Gasteiger charge is -2.22. The summed E-state index contributed by atoms with van der Waals surface area (Å²) >= 11 is 0. The monoisotopic (exact) mass is 428 g/mol. The third kappa shape index (κ3) is 4.44. The van der Waals surface area contributed by atoms with Gasteiger partial charge in [0, 0.05) is 25.6 Å². The maximum Gasteiger partial charge on any atom is 0.418 e. The van der Waals surface area contributed by atoms with Gasteiger partial charge in [-0.15, -0.1) is 0 Å². The Balaban J connectivity index is 2.08. The van der Waals surface area contributed by atoms with Crippen molar-refractivity contribution in [1.82, 2.24) is 19.9 Å². The van der Waals surface area contributed by atoms with Crippen LogP contribution in [0.15, 0.2) is 55.0 Å². The van der Waals surface area contributed by atoms with Gasteiger partial charge in [0.2, 0.25) is 0 Å². The quantitative estimate of drug-likeness (QED) is 0.628. The van der Waals surface area contributed by atoms with Crippen LogP contribution in [0, 0.1) is 0 Å². The van der Waals surface area contributed by atoms with E-state index in [9.17, 15) is 31.1 Å². The molecule has 1 aromatic carbocycles. The van der Waals surface area contributed by atoms with E-state index in [-0.39, 0.29) is 11.4 Å². The Morgan fingerprint density at radius 1 is 0.967 bits per heavy atom. The molecule has 30 heavy (non-hydrogen) atoms. The predicted octanol–water partition coefficient (Wildman–Crippen LogP) is 4.37. The van der Waals surface area contributed by atoms with Crippen LogP contribution in [0.1, 0.15) is 39.0 Å². The second-order valence-corrected chi connectivity index (χ2v) is 6.32. The number of imidazole rings is 1. The van der Waals surface area contributed by atoms with Gasteiger partial charge in [0.15, 0.2) is 5.82 Å². The Hall–Kier alpha value is -3.37. The molecule has 158 valence electrons. The summed E-state index contributed by atoms with van der Waals surface area (Å²) in [5.74, 6) is -0.900. The first-order chi connectivity index (χ1) is 14.0. The lowest BCUT2D eigenvalue weighted by Crippen LogP contribution is -2.33. The first kappa shape index (κ1) is 21.3. The van der Waals surface area contributed by atoms with Gasteiger partial charge in [0.25, 0.3) is 5.91 Å². The lowest BCUT2D eigenvalue weighted by atomic mass is 9.97. The summed E-state index contributed by atoms with van der Waals surface area (Å²) in [7, 11) is 1.51. The van der Waals surface area contributed by atoms with Crippen LogP contribution in [0.4, 0.5) is 26.3 Å². The average molecular weight is 428 g/mol. The van der Waals surface area contributed by atoms with Gasteiger partial charge in [-0.1, -0.05) is 12.1 Å². The third-order valence-electron chi connectivity index (χ3n) is 4.29.